The van der Waals surface area contributed by atoms with Crippen LogP contribution in [0.3, 0.4) is 0 Å². The van der Waals surface area contributed by atoms with Crippen molar-refractivity contribution in [3.05, 3.63) is 168 Å². The second-order valence-corrected chi connectivity index (χ2v) is 19.3. The van der Waals surface area contributed by atoms with Gasteiger partial charge in [0.2, 0.25) is 0 Å². The Bertz CT molecular complexity index is 3200. The van der Waals surface area contributed by atoms with Crippen molar-refractivity contribution in [2.24, 2.45) is 10.8 Å². The molecule has 66 heavy (non-hydrogen) atoms. The van der Waals surface area contributed by atoms with E-state index < -0.39 is 0 Å². The molecule has 0 unspecified atom stereocenters. The van der Waals surface area contributed by atoms with Gasteiger partial charge in [-0.25, -0.2) is 0 Å². The molecule has 0 amide bonds. The van der Waals surface area contributed by atoms with Gasteiger partial charge >= 0.3 is 5.78 Å². The average Bonchev–Trinajstić information content (AvgIpc) is 3.32. The van der Waals surface area contributed by atoms with Crippen molar-refractivity contribution in [1.29, 1.82) is 0 Å². The Balaban J connectivity index is 0.000000174. The Morgan fingerprint density at radius 2 is 1.15 bits per heavy atom. The Hall–Kier alpha value is -5.74. The van der Waals surface area contributed by atoms with Crippen molar-refractivity contribution in [3.63, 3.8) is 0 Å². The maximum absolute atomic E-state index is 10.2. The van der Waals surface area contributed by atoms with Gasteiger partial charge in [0.25, 0.3) is 0 Å². The van der Waals surface area contributed by atoms with Crippen LogP contribution >= 0.6 is 0 Å². The molecule has 2 heterocycles. The molecule has 9 rings (SSSR count). The molecule has 4 nitrogen and oxygen atoms in total. The molecule has 0 spiro atoms. The first-order chi connectivity index (χ1) is 31.0. The van der Waals surface area contributed by atoms with Gasteiger partial charge in [-0.1, -0.05) is 142 Å². The van der Waals surface area contributed by atoms with Crippen molar-refractivity contribution < 1.29 is 30.0 Å². The number of allylic oxidation sites excluding steroid dienone is 2. The number of aromatic nitrogens is 2. The summed E-state index contributed by atoms with van der Waals surface area (Å²) in [6.07, 6.45) is 8.88. The van der Waals surface area contributed by atoms with E-state index in [1.807, 2.05) is 38.4 Å². The zero-order valence-corrected chi connectivity index (χ0v) is 43.0. The molecule has 9 aromatic rings. The number of aliphatic hydroxyl groups is 1. The van der Waals surface area contributed by atoms with E-state index in [0.29, 0.717) is 11.5 Å². The number of hydrogen-bond acceptors (Lipinski definition) is 3. The van der Waals surface area contributed by atoms with E-state index >= 15 is 0 Å². The number of pyridine rings is 2. The summed E-state index contributed by atoms with van der Waals surface area (Å²) < 4.78 is 0. The minimum atomic E-state index is -0.226. The molecular weight excluding hydrogens is 985 g/mol. The molecule has 0 aliphatic heterocycles. The van der Waals surface area contributed by atoms with Crippen LogP contribution in [0.25, 0.3) is 76.0 Å². The summed E-state index contributed by atoms with van der Waals surface area (Å²) in [7, 11) is 0. The van der Waals surface area contributed by atoms with Crippen LogP contribution in [0, 0.1) is 36.8 Å². The van der Waals surface area contributed by atoms with E-state index in [9.17, 15) is 9.90 Å². The van der Waals surface area contributed by atoms with Gasteiger partial charge in [0.1, 0.15) is 5.76 Å². The predicted molar refractivity (Wildman–Crippen MR) is 280 cm³/mol. The molecule has 0 saturated heterocycles. The van der Waals surface area contributed by atoms with Gasteiger partial charge in [-0.3, -0.25) is 4.79 Å². The van der Waals surface area contributed by atoms with Gasteiger partial charge < -0.3 is 35.2 Å². The molecule has 5 heteroatoms. The van der Waals surface area contributed by atoms with Crippen molar-refractivity contribution >= 4 is 70.5 Å². The summed E-state index contributed by atoms with van der Waals surface area (Å²) in [6.45, 7) is 23.2. The number of ketones is 1. The van der Waals surface area contributed by atoms with Gasteiger partial charge in [0, 0.05) is 17.8 Å². The molecule has 0 atom stereocenters. The smallest absolute Gasteiger partial charge is 0.325 e. The first-order valence-corrected chi connectivity index (χ1v) is 23.3. The Morgan fingerprint density at radius 1 is 0.606 bits per heavy atom. The van der Waals surface area contributed by atoms with Crippen molar-refractivity contribution in [2.45, 2.75) is 107 Å². The van der Waals surface area contributed by atoms with Crippen LogP contribution in [0.1, 0.15) is 105 Å². The molecule has 0 aliphatic carbocycles. The summed E-state index contributed by atoms with van der Waals surface area (Å²) >= 11 is 0. The summed E-state index contributed by atoms with van der Waals surface area (Å²) in [4.78, 5) is 19.5. The fraction of sp³-hybridized carbons (Fsp3) is 0.295. The molecule has 0 bridgehead atoms. The molecule has 0 aliphatic rings. The maximum atomic E-state index is 10.2. The molecule has 0 fully saturated rings. The quantitative estimate of drug-likeness (QED) is 0.0542. The van der Waals surface area contributed by atoms with Crippen LogP contribution in [0.15, 0.2) is 139 Å². The number of carbonyl (C=O) groups excluding carboxylic acids is 1. The number of aryl methyl sites for hydroxylation is 2. The molecular formula is C61H65IrN2O2-4. The standard InChI is InChI=1S/C29H20N.C17H16N.C15H28O2.Ir/c1-18-15-19(2)17-21(16-18)29-28-12-11-25-24-8-7-20-5-3-4-6-22(20)23(24)9-10-26(25)27(28)13-14-30-29;1-17(2,3)15-10-11-18-16-13-7-5-4-6-12(13)8-9-14(15)16;1-7-14(5,8-2)12(16)11-13(17)15(6,9-3)10-4;/h3-16H,1-2H3;4-6,8-11H,1-3H3;11,16H,7-10H2,1-6H3;/q2*-1;;-3/p+1/b;;12-11-;. The van der Waals surface area contributed by atoms with Gasteiger partial charge in [-0.2, -0.15) is 0 Å². The van der Waals surface area contributed by atoms with Crippen LogP contribution in [0.4, 0.5) is 0 Å². The van der Waals surface area contributed by atoms with Crippen molar-refractivity contribution in [3.8, 4) is 11.3 Å². The summed E-state index contributed by atoms with van der Waals surface area (Å²) in [5.74, 6) is 0.598. The molecule has 2 aromatic heterocycles. The SMILES string of the molecule is CC(C)(C)c1ccnc2c1ccc1ccc[c-]c12.CCC(C)(CC)C(=[OH+])/C=C(\O)C(C)(CC)CC.Cc1[c-]c(-c2nccc3c2ccc2c3ccc3c4ccccc4ccc32)cc(C)c1.[Ir-3]. The van der Waals surface area contributed by atoms with Crippen LogP contribution < -0.4 is 0 Å². The van der Waals surface area contributed by atoms with Crippen LogP contribution in [-0.4, -0.2) is 25.7 Å². The average molecular weight is 1050 g/mol. The first kappa shape index (κ1) is 49.7. The van der Waals surface area contributed by atoms with Crippen LogP contribution in [-0.2, 0) is 25.5 Å². The number of hydrogen-bond donors (Lipinski definition) is 1. The number of fused-ring (bicyclic) bond motifs is 10. The van der Waals surface area contributed by atoms with E-state index in [1.54, 1.807) is 6.08 Å². The Morgan fingerprint density at radius 3 is 1.79 bits per heavy atom. The minimum Gasteiger partial charge on any atom is -3.00 e. The topological polar surface area (TPSA) is 67.4 Å². The Labute approximate surface area is 405 Å². The predicted octanol–water partition coefficient (Wildman–Crippen LogP) is 16.9. The fourth-order valence-corrected chi connectivity index (χ4v) is 8.97. The molecule has 2 N–H and O–H groups in total. The number of rotatable bonds is 8. The van der Waals surface area contributed by atoms with E-state index in [2.05, 4.69) is 183 Å². The summed E-state index contributed by atoms with van der Waals surface area (Å²) in [5.41, 5.74) is 6.51. The maximum Gasteiger partial charge on any atom is 0.325 e. The summed E-state index contributed by atoms with van der Waals surface area (Å²) in [6, 6.07) is 47.9. The molecule has 0 saturated carbocycles. The molecule has 7 aromatic carbocycles. The van der Waals surface area contributed by atoms with Crippen LogP contribution in [0.5, 0.6) is 0 Å². The third-order valence-corrected chi connectivity index (χ3v) is 14.1. The van der Waals surface area contributed by atoms with E-state index in [4.69, 9.17) is 4.98 Å². The van der Waals surface area contributed by atoms with Crippen molar-refractivity contribution in [1.82, 2.24) is 9.97 Å². The number of benzene rings is 7. The van der Waals surface area contributed by atoms with E-state index in [0.717, 1.165) is 53.4 Å². The summed E-state index contributed by atoms with van der Waals surface area (Å²) in [5, 5.41) is 23.9. The zero-order valence-electron chi connectivity index (χ0n) is 40.7. The minimum absolute atomic E-state index is 0. The van der Waals surface area contributed by atoms with Gasteiger partial charge in [0.05, 0.1) is 11.5 Å². The van der Waals surface area contributed by atoms with E-state index in [1.165, 1.54) is 65.0 Å². The van der Waals surface area contributed by atoms with Crippen molar-refractivity contribution in [2.75, 3.05) is 0 Å². The number of nitrogens with zero attached hydrogens (tertiary/aromatic N) is 2. The second-order valence-electron chi connectivity index (χ2n) is 19.3. The molecule has 344 valence electrons. The first-order valence-electron chi connectivity index (χ1n) is 23.3. The normalized spacial score (nSPS) is 12.2. The monoisotopic (exact) mass is 1050 g/mol. The van der Waals surface area contributed by atoms with Gasteiger partial charge in [-0.15, -0.1) is 69.9 Å². The zero-order chi connectivity index (χ0) is 46.7. The van der Waals surface area contributed by atoms with Crippen LogP contribution in [0.2, 0.25) is 0 Å². The number of aliphatic hydroxyl groups excluding tert-OH is 1. The third-order valence-electron chi connectivity index (χ3n) is 14.1. The van der Waals surface area contributed by atoms with E-state index in [-0.39, 0.29) is 36.4 Å². The Kier molecular flexibility index (Phi) is 15.4. The third kappa shape index (κ3) is 9.99. The van der Waals surface area contributed by atoms with Gasteiger partial charge in [0.15, 0.2) is 0 Å². The largest absolute Gasteiger partial charge is 3.00 e. The molecule has 0 radical (unpaired) electrons. The second kappa shape index (κ2) is 20.4. The fourth-order valence-electron chi connectivity index (χ4n) is 8.97. The van der Waals surface area contributed by atoms with Gasteiger partial charge in [-0.05, 0) is 115 Å².